The minimum atomic E-state index is -2.95. The fourth-order valence-corrected chi connectivity index (χ4v) is 4.18. The van der Waals surface area contributed by atoms with E-state index in [0.29, 0.717) is 13.0 Å². The molecule has 1 unspecified atom stereocenters. The lowest BCUT2D eigenvalue weighted by Gasteiger charge is -2.41. The molecule has 166 valence electrons. The van der Waals surface area contributed by atoms with Gasteiger partial charge in [-0.2, -0.15) is 0 Å². The van der Waals surface area contributed by atoms with Crippen LogP contribution < -0.4 is 10.6 Å². The molecule has 0 spiro atoms. The maximum absolute atomic E-state index is 11.4. The summed E-state index contributed by atoms with van der Waals surface area (Å²) in [5.41, 5.74) is 2.80. The van der Waals surface area contributed by atoms with Gasteiger partial charge in [0.05, 0.1) is 12.3 Å². The number of nitrogens with zero attached hydrogens (tertiary/aromatic N) is 2. The molecule has 0 aromatic heterocycles. The first-order valence-electron chi connectivity index (χ1n) is 10.1. The molecule has 0 bridgehead atoms. The summed E-state index contributed by atoms with van der Waals surface area (Å²) >= 11 is 0. The normalized spacial score (nSPS) is 16.5. The van der Waals surface area contributed by atoms with Crippen LogP contribution in [-0.4, -0.2) is 62.5 Å². The third-order valence-corrected chi connectivity index (χ3v) is 6.24. The molecule has 29 heavy (non-hydrogen) atoms. The standard InChI is InChI=1S/C21H36N4O2S.HI/c1-6-22-20(24-17(2)12-14-28(5,26)27)23-16-21(3,4)25-13-11-18-9-7-8-10-19(18)15-25;/h7-10,17H,6,11-16H2,1-5H3,(H2,22,23,24);1H. The third kappa shape index (κ3) is 8.80. The molecule has 2 N–H and O–H groups in total. The lowest BCUT2D eigenvalue weighted by atomic mass is 9.94. The Morgan fingerprint density at radius 3 is 2.55 bits per heavy atom. The average molecular weight is 537 g/mol. The second kappa shape index (κ2) is 11.5. The van der Waals surface area contributed by atoms with Crippen LogP contribution in [0.5, 0.6) is 0 Å². The molecule has 1 aromatic rings. The van der Waals surface area contributed by atoms with E-state index < -0.39 is 9.84 Å². The summed E-state index contributed by atoms with van der Waals surface area (Å²) in [5.74, 6) is 0.924. The van der Waals surface area contributed by atoms with Gasteiger partial charge in [-0.25, -0.2) is 8.42 Å². The Morgan fingerprint density at radius 2 is 1.93 bits per heavy atom. The van der Waals surface area contributed by atoms with Gasteiger partial charge in [-0.3, -0.25) is 9.89 Å². The van der Waals surface area contributed by atoms with Crippen LogP contribution in [0.15, 0.2) is 29.3 Å². The van der Waals surface area contributed by atoms with Crippen LogP contribution in [0.4, 0.5) is 0 Å². The Kier molecular flexibility index (Phi) is 10.4. The highest BCUT2D eigenvalue weighted by atomic mass is 127. The first kappa shape index (κ1) is 26.2. The molecule has 2 rings (SSSR count). The van der Waals surface area contributed by atoms with E-state index in [9.17, 15) is 8.42 Å². The minimum absolute atomic E-state index is 0. The largest absolute Gasteiger partial charge is 0.357 e. The second-order valence-electron chi connectivity index (χ2n) is 8.41. The van der Waals surface area contributed by atoms with Crippen molar-refractivity contribution < 1.29 is 8.42 Å². The van der Waals surface area contributed by atoms with Gasteiger partial charge in [-0.15, -0.1) is 24.0 Å². The number of halogens is 1. The molecule has 1 heterocycles. The van der Waals surface area contributed by atoms with Crippen LogP contribution in [0.2, 0.25) is 0 Å². The van der Waals surface area contributed by atoms with Crippen molar-refractivity contribution in [1.29, 1.82) is 0 Å². The Morgan fingerprint density at radius 1 is 1.28 bits per heavy atom. The van der Waals surface area contributed by atoms with E-state index in [-0.39, 0.29) is 41.3 Å². The Hall–Kier alpha value is -0.870. The molecule has 0 saturated carbocycles. The van der Waals surface area contributed by atoms with Crippen molar-refractivity contribution in [3.63, 3.8) is 0 Å². The van der Waals surface area contributed by atoms with Crippen molar-refractivity contribution in [1.82, 2.24) is 15.5 Å². The lowest BCUT2D eigenvalue weighted by Crippen LogP contribution is -2.50. The van der Waals surface area contributed by atoms with Crippen LogP contribution in [-0.2, 0) is 22.8 Å². The number of nitrogens with one attached hydrogen (secondary N) is 2. The number of hydrogen-bond acceptors (Lipinski definition) is 4. The monoisotopic (exact) mass is 536 g/mol. The maximum atomic E-state index is 11.4. The van der Waals surface area contributed by atoms with Crippen LogP contribution >= 0.6 is 24.0 Å². The van der Waals surface area contributed by atoms with Gasteiger partial charge in [0.1, 0.15) is 9.84 Å². The Labute approximate surface area is 193 Å². The molecule has 1 aliphatic rings. The van der Waals surface area contributed by atoms with Gasteiger partial charge in [-0.05, 0) is 51.7 Å². The fourth-order valence-electron chi connectivity index (χ4n) is 3.40. The number of fused-ring (bicyclic) bond motifs is 1. The SMILES string of the molecule is CCNC(=NCC(C)(C)N1CCc2ccccc2C1)NC(C)CCS(C)(=O)=O.I. The smallest absolute Gasteiger partial charge is 0.191 e. The van der Waals surface area contributed by atoms with Crippen molar-refractivity contribution >= 4 is 39.8 Å². The van der Waals surface area contributed by atoms with Crippen molar-refractivity contribution in [2.24, 2.45) is 4.99 Å². The molecule has 0 aliphatic carbocycles. The average Bonchev–Trinajstić information content (AvgIpc) is 2.64. The van der Waals surface area contributed by atoms with E-state index in [1.54, 1.807) is 0 Å². The molecule has 1 aromatic carbocycles. The highest BCUT2D eigenvalue weighted by Crippen LogP contribution is 2.25. The van der Waals surface area contributed by atoms with Gasteiger partial charge < -0.3 is 10.6 Å². The number of rotatable bonds is 8. The molecule has 6 nitrogen and oxygen atoms in total. The van der Waals surface area contributed by atoms with E-state index in [1.165, 1.54) is 17.4 Å². The van der Waals surface area contributed by atoms with Crippen molar-refractivity contribution in [2.45, 2.75) is 58.7 Å². The summed E-state index contributed by atoms with van der Waals surface area (Å²) in [4.78, 5) is 7.30. The topological polar surface area (TPSA) is 73.8 Å². The van der Waals surface area contributed by atoms with E-state index in [1.807, 2.05) is 13.8 Å². The van der Waals surface area contributed by atoms with Crippen molar-refractivity contribution in [2.75, 3.05) is 31.6 Å². The van der Waals surface area contributed by atoms with Crippen LogP contribution in [0.1, 0.15) is 45.2 Å². The third-order valence-electron chi connectivity index (χ3n) is 5.26. The summed E-state index contributed by atoms with van der Waals surface area (Å²) in [6.45, 7) is 11.9. The molecular formula is C21H37IN4O2S. The van der Waals surface area contributed by atoms with Gasteiger partial charge in [0.25, 0.3) is 0 Å². The number of benzene rings is 1. The number of hydrogen-bond donors (Lipinski definition) is 2. The number of aliphatic imine (C=N–C) groups is 1. The molecule has 0 radical (unpaired) electrons. The minimum Gasteiger partial charge on any atom is -0.357 e. The van der Waals surface area contributed by atoms with E-state index >= 15 is 0 Å². The quantitative estimate of drug-likeness (QED) is 0.304. The summed E-state index contributed by atoms with van der Waals surface area (Å²) in [5, 5.41) is 6.61. The predicted molar refractivity (Wildman–Crippen MR) is 133 cm³/mol. The van der Waals surface area contributed by atoms with Gasteiger partial charge in [-0.1, -0.05) is 24.3 Å². The first-order valence-corrected chi connectivity index (χ1v) is 12.2. The van der Waals surface area contributed by atoms with Crippen LogP contribution in [0.25, 0.3) is 0 Å². The second-order valence-corrected chi connectivity index (χ2v) is 10.7. The van der Waals surface area contributed by atoms with Crippen LogP contribution in [0.3, 0.4) is 0 Å². The van der Waals surface area contributed by atoms with Gasteiger partial charge in [0.2, 0.25) is 0 Å². The predicted octanol–water partition coefficient (Wildman–Crippen LogP) is 2.82. The molecule has 1 atom stereocenters. The molecule has 0 amide bonds. The molecule has 1 aliphatic heterocycles. The summed E-state index contributed by atoms with van der Waals surface area (Å²) in [7, 11) is -2.95. The van der Waals surface area contributed by atoms with Crippen LogP contribution in [0, 0.1) is 0 Å². The number of sulfone groups is 1. The molecule has 0 saturated heterocycles. The van der Waals surface area contributed by atoms with Crippen molar-refractivity contribution in [3.8, 4) is 0 Å². The highest BCUT2D eigenvalue weighted by molar-refractivity contribution is 14.0. The summed E-state index contributed by atoms with van der Waals surface area (Å²) < 4.78 is 22.8. The zero-order valence-electron chi connectivity index (χ0n) is 18.4. The molecular weight excluding hydrogens is 499 g/mol. The Bertz CT molecular complexity index is 781. The van der Waals surface area contributed by atoms with Gasteiger partial charge in [0.15, 0.2) is 5.96 Å². The lowest BCUT2D eigenvalue weighted by molar-refractivity contribution is 0.111. The van der Waals surface area contributed by atoms with Gasteiger partial charge >= 0.3 is 0 Å². The highest BCUT2D eigenvalue weighted by Gasteiger charge is 2.29. The number of guanidine groups is 1. The Balaban J connectivity index is 0.00000420. The first-order chi connectivity index (χ1) is 13.1. The maximum Gasteiger partial charge on any atom is 0.191 e. The van der Waals surface area contributed by atoms with E-state index in [2.05, 4.69) is 53.6 Å². The molecule has 8 heteroatoms. The zero-order chi connectivity index (χ0) is 20.8. The zero-order valence-corrected chi connectivity index (χ0v) is 21.5. The summed E-state index contributed by atoms with van der Waals surface area (Å²) in [6, 6.07) is 8.71. The van der Waals surface area contributed by atoms with E-state index in [0.717, 1.165) is 32.0 Å². The van der Waals surface area contributed by atoms with Gasteiger partial charge in [0, 0.05) is 37.5 Å². The van der Waals surface area contributed by atoms with E-state index in [4.69, 9.17) is 4.99 Å². The summed E-state index contributed by atoms with van der Waals surface area (Å²) in [6.07, 6.45) is 2.91. The fraction of sp³-hybridized carbons (Fsp3) is 0.667. The van der Waals surface area contributed by atoms with Crippen molar-refractivity contribution in [3.05, 3.63) is 35.4 Å². The molecule has 0 fully saturated rings.